The van der Waals surface area contributed by atoms with E-state index in [4.69, 9.17) is 9.84 Å². The Morgan fingerprint density at radius 1 is 1.86 bits per heavy atom. The molecule has 0 saturated heterocycles. The molecule has 0 radical (unpaired) electrons. The Labute approximate surface area is 48.9 Å². The number of aliphatic hydroxyl groups is 1. The second kappa shape index (κ2) is 4.43. The molecule has 7 heavy (non-hydrogen) atoms. The van der Waals surface area contributed by atoms with Gasteiger partial charge in [0.1, 0.15) is 0 Å². The first-order valence-corrected chi connectivity index (χ1v) is 2.77. The molecule has 0 bridgehead atoms. The minimum atomic E-state index is -0.368. The highest BCUT2D eigenvalue weighted by molar-refractivity contribution is 7.80. The summed E-state index contributed by atoms with van der Waals surface area (Å²) in [5, 5.41) is 8.52. The molecule has 3 heteroatoms. The largest absolute Gasteiger partial charge is 0.391 e. The molecule has 1 N–H and O–H groups in total. The van der Waals surface area contributed by atoms with Crippen molar-refractivity contribution in [2.24, 2.45) is 0 Å². The fourth-order valence-corrected chi connectivity index (χ4v) is 0.329. The molecule has 0 aliphatic heterocycles. The Morgan fingerprint density at radius 2 is 2.43 bits per heavy atom. The lowest BCUT2D eigenvalue weighted by Crippen LogP contribution is -2.08. The van der Waals surface area contributed by atoms with E-state index in [0.717, 1.165) is 0 Å². The first-order valence-electron chi connectivity index (χ1n) is 2.14. The van der Waals surface area contributed by atoms with E-state index in [9.17, 15) is 0 Å². The van der Waals surface area contributed by atoms with Crippen LogP contribution in [0.15, 0.2) is 0 Å². The molecule has 0 aromatic carbocycles. The lowest BCUT2D eigenvalue weighted by atomic mass is 10.5. The molecule has 44 valence electrons. The number of ether oxygens (including phenoxy) is 1. The van der Waals surface area contributed by atoms with Crippen LogP contribution in [0.2, 0.25) is 0 Å². The highest BCUT2D eigenvalue weighted by Gasteiger charge is 1.90. The van der Waals surface area contributed by atoms with Crippen molar-refractivity contribution in [2.75, 3.05) is 12.5 Å². The SMILES string of the molecule is CC(O)COCS. The van der Waals surface area contributed by atoms with Gasteiger partial charge in [-0.25, -0.2) is 0 Å². The van der Waals surface area contributed by atoms with E-state index >= 15 is 0 Å². The average Bonchev–Trinajstić information content (AvgIpc) is 1.61. The van der Waals surface area contributed by atoms with Gasteiger partial charge in [0, 0.05) is 0 Å². The maximum atomic E-state index is 8.52. The topological polar surface area (TPSA) is 29.5 Å². The van der Waals surface area contributed by atoms with Crippen LogP contribution in [-0.2, 0) is 4.74 Å². The Hall–Kier alpha value is 0.270. The molecule has 0 amide bonds. The van der Waals surface area contributed by atoms with Crippen LogP contribution in [-0.4, -0.2) is 23.8 Å². The minimum absolute atomic E-state index is 0.368. The first-order chi connectivity index (χ1) is 3.27. The van der Waals surface area contributed by atoms with Crippen LogP contribution < -0.4 is 0 Å². The van der Waals surface area contributed by atoms with E-state index in [1.165, 1.54) is 0 Å². The van der Waals surface area contributed by atoms with Crippen LogP contribution >= 0.6 is 12.6 Å². The predicted octanol–water partition coefficient (Wildman–Crippen LogP) is 0.271. The molecule has 0 aliphatic carbocycles. The third-order valence-corrected chi connectivity index (χ3v) is 0.633. The van der Waals surface area contributed by atoms with Gasteiger partial charge in [-0.05, 0) is 6.92 Å². The van der Waals surface area contributed by atoms with Crippen molar-refractivity contribution < 1.29 is 9.84 Å². The summed E-state index contributed by atoms with van der Waals surface area (Å²) in [6.45, 7) is 2.05. The summed E-state index contributed by atoms with van der Waals surface area (Å²) in [7, 11) is 0. The molecular weight excluding hydrogens is 112 g/mol. The average molecular weight is 122 g/mol. The number of hydrogen-bond acceptors (Lipinski definition) is 3. The predicted molar refractivity (Wildman–Crippen MR) is 31.5 cm³/mol. The summed E-state index contributed by atoms with van der Waals surface area (Å²) in [6, 6.07) is 0. The number of hydrogen-bond donors (Lipinski definition) is 2. The lowest BCUT2D eigenvalue weighted by Gasteiger charge is -2.00. The normalized spacial score (nSPS) is 14.1. The molecule has 0 rings (SSSR count). The molecule has 0 aliphatic rings. The van der Waals surface area contributed by atoms with Crippen molar-refractivity contribution in [1.82, 2.24) is 0 Å². The van der Waals surface area contributed by atoms with Gasteiger partial charge in [-0.15, -0.1) is 0 Å². The lowest BCUT2D eigenvalue weighted by molar-refractivity contribution is 0.0699. The van der Waals surface area contributed by atoms with Gasteiger partial charge in [0.05, 0.1) is 18.6 Å². The van der Waals surface area contributed by atoms with E-state index in [-0.39, 0.29) is 6.10 Å². The second-order valence-corrected chi connectivity index (χ2v) is 1.61. The van der Waals surface area contributed by atoms with Gasteiger partial charge in [0.25, 0.3) is 0 Å². The van der Waals surface area contributed by atoms with E-state index in [2.05, 4.69) is 12.6 Å². The molecule has 0 heterocycles. The van der Waals surface area contributed by atoms with Crippen molar-refractivity contribution in [3.05, 3.63) is 0 Å². The first kappa shape index (κ1) is 7.27. The summed E-state index contributed by atoms with van der Waals surface area (Å²) in [6.07, 6.45) is -0.368. The van der Waals surface area contributed by atoms with Gasteiger partial charge in [-0.3, -0.25) is 0 Å². The Kier molecular flexibility index (Phi) is 4.60. The molecular formula is C4H10O2S. The van der Waals surface area contributed by atoms with Crippen molar-refractivity contribution in [1.29, 1.82) is 0 Å². The van der Waals surface area contributed by atoms with Crippen molar-refractivity contribution in [3.8, 4) is 0 Å². The van der Waals surface area contributed by atoms with Gasteiger partial charge in [-0.2, -0.15) is 12.6 Å². The van der Waals surface area contributed by atoms with E-state index in [0.29, 0.717) is 12.5 Å². The molecule has 0 aromatic heterocycles. The fourth-order valence-electron chi connectivity index (χ4n) is 0.223. The Balaban J connectivity index is 2.68. The molecule has 0 fully saturated rings. The third kappa shape index (κ3) is 6.27. The van der Waals surface area contributed by atoms with Crippen LogP contribution in [0.4, 0.5) is 0 Å². The molecule has 0 aromatic rings. The number of rotatable bonds is 3. The third-order valence-electron chi connectivity index (χ3n) is 0.450. The van der Waals surface area contributed by atoms with Gasteiger partial charge < -0.3 is 9.84 Å². The van der Waals surface area contributed by atoms with Gasteiger partial charge >= 0.3 is 0 Å². The summed E-state index contributed by atoms with van der Waals surface area (Å²) < 4.78 is 4.71. The van der Waals surface area contributed by atoms with E-state index < -0.39 is 0 Å². The van der Waals surface area contributed by atoms with Crippen molar-refractivity contribution in [3.63, 3.8) is 0 Å². The van der Waals surface area contributed by atoms with E-state index in [1.807, 2.05) is 0 Å². The van der Waals surface area contributed by atoms with Gasteiger partial charge in [0.15, 0.2) is 0 Å². The minimum Gasteiger partial charge on any atom is -0.391 e. The van der Waals surface area contributed by atoms with Crippen LogP contribution in [0.25, 0.3) is 0 Å². The van der Waals surface area contributed by atoms with E-state index in [1.54, 1.807) is 6.92 Å². The standard InChI is InChI=1S/C4H10O2S/c1-4(5)2-6-3-7/h4-5,7H,2-3H2,1H3. The summed E-state index contributed by atoms with van der Waals surface area (Å²) in [5.74, 6) is 0.380. The molecule has 1 atom stereocenters. The monoisotopic (exact) mass is 122 g/mol. The molecule has 0 saturated carbocycles. The maximum absolute atomic E-state index is 8.52. The Bertz CT molecular complexity index is 38.7. The fraction of sp³-hybridized carbons (Fsp3) is 1.00. The highest BCUT2D eigenvalue weighted by atomic mass is 32.1. The molecule has 0 spiro atoms. The number of thiol groups is 1. The van der Waals surface area contributed by atoms with Crippen molar-refractivity contribution >= 4 is 12.6 Å². The zero-order valence-corrected chi connectivity index (χ0v) is 5.19. The van der Waals surface area contributed by atoms with Crippen LogP contribution in [0.3, 0.4) is 0 Å². The van der Waals surface area contributed by atoms with Crippen LogP contribution in [0, 0.1) is 0 Å². The van der Waals surface area contributed by atoms with Gasteiger partial charge in [-0.1, -0.05) is 0 Å². The highest BCUT2D eigenvalue weighted by Crippen LogP contribution is 1.82. The smallest absolute Gasteiger partial charge is 0.0893 e. The van der Waals surface area contributed by atoms with Crippen molar-refractivity contribution in [2.45, 2.75) is 13.0 Å². The summed E-state index contributed by atoms with van der Waals surface area (Å²) in [5.41, 5.74) is 0. The van der Waals surface area contributed by atoms with Crippen LogP contribution in [0.5, 0.6) is 0 Å². The second-order valence-electron chi connectivity index (χ2n) is 1.35. The van der Waals surface area contributed by atoms with Crippen LogP contribution in [0.1, 0.15) is 6.92 Å². The summed E-state index contributed by atoms with van der Waals surface area (Å²) >= 11 is 3.76. The molecule has 1 unspecified atom stereocenters. The maximum Gasteiger partial charge on any atom is 0.0893 e. The Morgan fingerprint density at radius 3 is 2.57 bits per heavy atom. The number of aliphatic hydroxyl groups excluding tert-OH is 1. The molecule has 2 nitrogen and oxygen atoms in total. The zero-order valence-electron chi connectivity index (χ0n) is 4.29. The summed E-state index contributed by atoms with van der Waals surface area (Å²) in [4.78, 5) is 0. The zero-order chi connectivity index (χ0) is 5.70. The quantitative estimate of drug-likeness (QED) is 0.415. The van der Waals surface area contributed by atoms with Gasteiger partial charge in [0.2, 0.25) is 0 Å².